The van der Waals surface area contributed by atoms with Crippen molar-refractivity contribution in [2.45, 2.75) is 39.7 Å². The highest BCUT2D eigenvalue weighted by Gasteiger charge is 2.00. The first-order valence-corrected chi connectivity index (χ1v) is 6.31. The molecule has 0 aromatic heterocycles. The van der Waals surface area contributed by atoms with Crippen molar-refractivity contribution in [2.24, 2.45) is 5.92 Å². The van der Waals surface area contributed by atoms with E-state index >= 15 is 0 Å². The fraction of sp³-hybridized carbons (Fsp3) is 0.571. The zero-order valence-corrected chi connectivity index (χ0v) is 10.7. The summed E-state index contributed by atoms with van der Waals surface area (Å²) >= 11 is 0. The van der Waals surface area contributed by atoms with Gasteiger partial charge in [-0.3, -0.25) is 0 Å². The quantitative estimate of drug-likeness (QED) is 0.504. The predicted octanol–water partition coefficient (Wildman–Crippen LogP) is 3.01. The van der Waals surface area contributed by atoms with Crippen LogP contribution in [-0.4, -0.2) is 16.8 Å². The first-order valence-electron chi connectivity index (χ1n) is 6.31. The van der Waals surface area contributed by atoms with Crippen molar-refractivity contribution in [1.82, 2.24) is 5.32 Å². The molecule has 0 atom stereocenters. The molecule has 0 aliphatic heterocycles. The van der Waals surface area contributed by atoms with Gasteiger partial charge in [-0.1, -0.05) is 32.8 Å². The second-order valence-corrected chi connectivity index (χ2v) is 4.89. The molecule has 3 N–H and O–H groups in total. The lowest BCUT2D eigenvalue weighted by Crippen LogP contribution is -2.14. The van der Waals surface area contributed by atoms with Gasteiger partial charge < -0.3 is 15.5 Å². The Labute approximate surface area is 103 Å². The number of aromatic hydroxyl groups is 2. The minimum Gasteiger partial charge on any atom is -0.504 e. The van der Waals surface area contributed by atoms with Crippen molar-refractivity contribution in [3.8, 4) is 11.5 Å². The van der Waals surface area contributed by atoms with E-state index in [4.69, 9.17) is 5.11 Å². The van der Waals surface area contributed by atoms with Gasteiger partial charge in [0.05, 0.1) is 0 Å². The number of rotatable bonds is 7. The molecule has 0 spiro atoms. The Morgan fingerprint density at radius 1 is 1.12 bits per heavy atom. The molecule has 0 bridgehead atoms. The van der Waals surface area contributed by atoms with Gasteiger partial charge in [-0.15, -0.1) is 0 Å². The average molecular weight is 237 g/mol. The van der Waals surface area contributed by atoms with Crippen LogP contribution in [0.25, 0.3) is 0 Å². The van der Waals surface area contributed by atoms with Gasteiger partial charge in [-0.05, 0) is 36.6 Å². The number of hydrogen-bond donors (Lipinski definition) is 3. The lowest BCUT2D eigenvalue weighted by Gasteiger charge is -2.07. The molecule has 1 aromatic rings. The molecule has 0 unspecified atom stereocenters. The fourth-order valence-electron chi connectivity index (χ4n) is 1.71. The van der Waals surface area contributed by atoms with Crippen LogP contribution in [0.2, 0.25) is 0 Å². The number of nitrogens with one attached hydrogen (secondary N) is 1. The smallest absolute Gasteiger partial charge is 0.157 e. The van der Waals surface area contributed by atoms with Gasteiger partial charge in [0, 0.05) is 6.54 Å². The molecule has 0 aliphatic carbocycles. The SMILES string of the molecule is CC(C)CCCCNCc1ccc(O)c(O)c1. The highest BCUT2D eigenvalue weighted by Crippen LogP contribution is 2.24. The molecular weight excluding hydrogens is 214 g/mol. The molecule has 1 rings (SSSR count). The standard InChI is InChI=1S/C14H23NO2/c1-11(2)5-3-4-8-15-10-12-6-7-13(16)14(17)9-12/h6-7,9,11,15-17H,3-5,8,10H2,1-2H3. The number of benzene rings is 1. The van der Waals surface area contributed by atoms with E-state index in [1.165, 1.54) is 25.3 Å². The van der Waals surface area contributed by atoms with E-state index in [-0.39, 0.29) is 11.5 Å². The van der Waals surface area contributed by atoms with E-state index in [2.05, 4.69) is 19.2 Å². The Hall–Kier alpha value is -1.22. The Morgan fingerprint density at radius 2 is 1.88 bits per heavy atom. The van der Waals surface area contributed by atoms with Crippen molar-refractivity contribution in [2.75, 3.05) is 6.54 Å². The van der Waals surface area contributed by atoms with E-state index in [9.17, 15) is 5.11 Å². The van der Waals surface area contributed by atoms with Gasteiger partial charge in [0.15, 0.2) is 11.5 Å². The minimum absolute atomic E-state index is 0.0518. The summed E-state index contributed by atoms with van der Waals surface area (Å²) in [5.74, 6) is 0.666. The number of unbranched alkanes of at least 4 members (excludes halogenated alkanes) is 1. The molecule has 0 heterocycles. The van der Waals surface area contributed by atoms with Gasteiger partial charge in [-0.2, -0.15) is 0 Å². The highest BCUT2D eigenvalue weighted by atomic mass is 16.3. The molecule has 17 heavy (non-hydrogen) atoms. The second kappa shape index (κ2) is 7.17. The second-order valence-electron chi connectivity index (χ2n) is 4.89. The third kappa shape index (κ3) is 5.59. The first-order chi connectivity index (χ1) is 8.09. The summed E-state index contributed by atoms with van der Waals surface area (Å²) in [6, 6.07) is 4.93. The molecular formula is C14H23NO2. The summed E-state index contributed by atoms with van der Waals surface area (Å²) in [4.78, 5) is 0. The van der Waals surface area contributed by atoms with E-state index in [1.807, 2.05) is 6.07 Å². The molecule has 3 nitrogen and oxygen atoms in total. The Morgan fingerprint density at radius 3 is 2.53 bits per heavy atom. The van der Waals surface area contributed by atoms with Crippen LogP contribution in [0.4, 0.5) is 0 Å². The summed E-state index contributed by atoms with van der Waals surface area (Å²) in [5, 5.41) is 21.8. The third-order valence-corrected chi connectivity index (χ3v) is 2.75. The zero-order valence-electron chi connectivity index (χ0n) is 10.7. The van der Waals surface area contributed by atoms with E-state index in [0.717, 1.165) is 24.6 Å². The molecule has 0 fully saturated rings. The first kappa shape index (κ1) is 13.8. The van der Waals surface area contributed by atoms with Gasteiger partial charge in [0.2, 0.25) is 0 Å². The molecule has 0 saturated heterocycles. The largest absolute Gasteiger partial charge is 0.504 e. The van der Waals surface area contributed by atoms with Crippen molar-refractivity contribution < 1.29 is 10.2 Å². The topological polar surface area (TPSA) is 52.5 Å². The van der Waals surface area contributed by atoms with Crippen LogP contribution in [0, 0.1) is 5.92 Å². The minimum atomic E-state index is -0.0642. The monoisotopic (exact) mass is 237 g/mol. The summed E-state index contributed by atoms with van der Waals surface area (Å²) in [6.07, 6.45) is 3.72. The van der Waals surface area contributed by atoms with Gasteiger partial charge in [0.25, 0.3) is 0 Å². The van der Waals surface area contributed by atoms with E-state index in [1.54, 1.807) is 6.07 Å². The Balaban J connectivity index is 2.16. The molecule has 0 aliphatic rings. The highest BCUT2D eigenvalue weighted by molar-refractivity contribution is 5.40. The fourth-order valence-corrected chi connectivity index (χ4v) is 1.71. The summed E-state index contributed by atoms with van der Waals surface area (Å²) in [5.41, 5.74) is 0.990. The Bertz CT molecular complexity index is 337. The molecule has 0 radical (unpaired) electrons. The lowest BCUT2D eigenvalue weighted by molar-refractivity contribution is 0.403. The number of hydrogen-bond acceptors (Lipinski definition) is 3. The van der Waals surface area contributed by atoms with Crippen LogP contribution in [0.1, 0.15) is 38.7 Å². The van der Waals surface area contributed by atoms with E-state index in [0.29, 0.717) is 0 Å². The van der Waals surface area contributed by atoms with Crippen molar-refractivity contribution in [3.63, 3.8) is 0 Å². The average Bonchev–Trinajstić information content (AvgIpc) is 2.27. The normalized spacial score (nSPS) is 11.0. The van der Waals surface area contributed by atoms with Crippen LogP contribution in [0.3, 0.4) is 0 Å². The lowest BCUT2D eigenvalue weighted by atomic mass is 10.1. The van der Waals surface area contributed by atoms with Crippen LogP contribution >= 0.6 is 0 Å². The molecule has 0 saturated carbocycles. The summed E-state index contributed by atoms with van der Waals surface area (Å²) in [7, 11) is 0. The zero-order chi connectivity index (χ0) is 12.7. The van der Waals surface area contributed by atoms with E-state index < -0.39 is 0 Å². The Kier molecular flexibility index (Phi) is 5.84. The predicted molar refractivity (Wildman–Crippen MR) is 70.2 cm³/mol. The molecule has 3 heteroatoms. The van der Waals surface area contributed by atoms with Gasteiger partial charge in [-0.25, -0.2) is 0 Å². The van der Waals surface area contributed by atoms with Crippen LogP contribution in [-0.2, 0) is 6.54 Å². The molecule has 0 amide bonds. The summed E-state index contributed by atoms with van der Waals surface area (Å²) in [6.45, 7) is 6.21. The van der Waals surface area contributed by atoms with Crippen molar-refractivity contribution >= 4 is 0 Å². The van der Waals surface area contributed by atoms with Crippen LogP contribution < -0.4 is 5.32 Å². The van der Waals surface area contributed by atoms with Crippen LogP contribution in [0.15, 0.2) is 18.2 Å². The van der Waals surface area contributed by atoms with Crippen molar-refractivity contribution in [3.05, 3.63) is 23.8 Å². The molecule has 1 aromatic carbocycles. The van der Waals surface area contributed by atoms with Gasteiger partial charge in [0.1, 0.15) is 0 Å². The maximum atomic E-state index is 9.32. The van der Waals surface area contributed by atoms with Gasteiger partial charge >= 0.3 is 0 Å². The third-order valence-electron chi connectivity index (χ3n) is 2.75. The molecule has 96 valence electrons. The summed E-state index contributed by atoms with van der Waals surface area (Å²) < 4.78 is 0. The van der Waals surface area contributed by atoms with Crippen LogP contribution in [0.5, 0.6) is 11.5 Å². The maximum Gasteiger partial charge on any atom is 0.157 e. The number of phenolic OH excluding ortho intramolecular Hbond substituents is 2. The van der Waals surface area contributed by atoms with Crippen molar-refractivity contribution in [1.29, 1.82) is 0 Å². The maximum absolute atomic E-state index is 9.32. The number of phenols is 2.